The molecule has 192 valence electrons. The number of thioether (sulfide) groups is 1. The van der Waals surface area contributed by atoms with Crippen LogP contribution < -0.4 is 0 Å². The molecule has 1 saturated carbocycles. The van der Waals surface area contributed by atoms with Crippen LogP contribution in [0, 0.1) is 11.8 Å². The minimum atomic E-state index is -4.43. The molecule has 2 aromatic carbocycles. The molecule has 1 heterocycles. The largest absolute Gasteiger partial charge is 0.480 e. The lowest BCUT2D eigenvalue weighted by atomic mass is 9.82. The van der Waals surface area contributed by atoms with Crippen molar-refractivity contribution in [3.8, 4) is 22.4 Å². The van der Waals surface area contributed by atoms with Gasteiger partial charge in [-0.25, -0.2) is 4.79 Å². The Hall–Kier alpha value is -2.78. The molecule has 1 aromatic heterocycles. The molecular formula is C27H29F3N2O3S. The molecule has 3 aromatic rings. The van der Waals surface area contributed by atoms with Crippen LogP contribution in [0.1, 0.15) is 31.2 Å². The summed E-state index contributed by atoms with van der Waals surface area (Å²) in [7, 11) is 0. The molecule has 0 radical (unpaired) electrons. The minimum absolute atomic E-state index is 0.273. The Labute approximate surface area is 212 Å². The third kappa shape index (κ3) is 6.31. The van der Waals surface area contributed by atoms with Crippen LogP contribution in [0.3, 0.4) is 0 Å². The van der Waals surface area contributed by atoms with Gasteiger partial charge in [0, 0.05) is 17.7 Å². The molecule has 1 N–H and O–H groups in total. The highest BCUT2D eigenvalue weighted by Crippen LogP contribution is 2.42. The molecule has 1 aliphatic carbocycles. The predicted octanol–water partition coefficient (Wildman–Crippen LogP) is 6.87. The Morgan fingerprint density at radius 1 is 1.06 bits per heavy atom. The first-order valence-electron chi connectivity index (χ1n) is 11.9. The summed E-state index contributed by atoms with van der Waals surface area (Å²) in [4.78, 5) is 10.7. The third-order valence-electron chi connectivity index (χ3n) is 6.60. The summed E-state index contributed by atoms with van der Waals surface area (Å²) in [6.45, 7) is 0.858. The van der Waals surface area contributed by atoms with Crippen LogP contribution in [-0.2, 0) is 22.3 Å². The number of hydrogen-bond acceptors (Lipinski definition) is 4. The first-order valence-corrected chi connectivity index (χ1v) is 13.2. The fraction of sp³-hybridized carbons (Fsp3) is 0.407. The Bertz CT molecular complexity index is 1170. The lowest BCUT2D eigenvalue weighted by Crippen LogP contribution is -2.23. The van der Waals surface area contributed by atoms with Gasteiger partial charge in [0.05, 0.1) is 12.2 Å². The highest BCUT2D eigenvalue weighted by atomic mass is 32.2. The number of carboxylic acid groups (broad SMARTS) is 1. The van der Waals surface area contributed by atoms with Crippen molar-refractivity contribution >= 4 is 17.7 Å². The molecule has 0 spiro atoms. The van der Waals surface area contributed by atoms with Gasteiger partial charge in [-0.3, -0.25) is 4.68 Å². The fourth-order valence-corrected chi connectivity index (χ4v) is 5.57. The van der Waals surface area contributed by atoms with Gasteiger partial charge in [-0.15, -0.1) is 11.8 Å². The number of ether oxygens (including phenoxy) is 1. The molecule has 1 aliphatic rings. The lowest BCUT2D eigenvalue weighted by Gasteiger charge is -2.28. The van der Waals surface area contributed by atoms with E-state index in [1.807, 2.05) is 41.3 Å². The zero-order chi connectivity index (χ0) is 25.7. The zero-order valence-electron chi connectivity index (χ0n) is 20.0. The van der Waals surface area contributed by atoms with Crippen molar-refractivity contribution in [2.24, 2.45) is 11.8 Å². The molecule has 9 heteroatoms. The van der Waals surface area contributed by atoms with E-state index in [0.717, 1.165) is 47.9 Å². The van der Waals surface area contributed by atoms with Gasteiger partial charge in [0.1, 0.15) is 17.3 Å². The molecule has 5 nitrogen and oxygen atoms in total. The molecule has 36 heavy (non-hydrogen) atoms. The number of carbonyl (C=O) groups is 1. The van der Waals surface area contributed by atoms with Crippen molar-refractivity contribution in [2.75, 3.05) is 19.5 Å². The van der Waals surface area contributed by atoms with Gasteiger partial charge in [-0.2, -0.15) is 18.3 Å². The number of rotatable bonds is 9. The van der Waals surface area contributed by atoms with Crippen LogP contribution in [0.4, 0.5) is 13.2 Å². The highest BCUT2D eigenvalue weighted by molar-refractivity contribution is 7.98. The quantitative estimate of drug-likeness (QED) is 0.313. The Morgan fingerprint density at radius 3 is 2.36 bits per heavy atom. The van der Waals surface area contributed by atoms with Crippen molar-refractivity contribution in [1.29, 1.82) is 0 Å². The molecule has 4 rings (SSSR count). The van der Waals surface area contributed by atoms with Crippen LogP contribution in [-0.4, -0.2) is 40.3 Å². The van der Waals surface area contributed by atoms with E-state index in [9.17, 15) is 18.0 Å². The number of aliphatic carboxylic acids is 1. The number of carboxylic acids is 1. The van der Waals surface area contributed by atoms with Crippen molar-refractivity contribution in [3.05, 3.63) is 60.2 Å². The first kappa shape index (κ1) is 26.3. The van der Waals surface area contributed by atoms with E-state index in [4.69, 9.17) is 14.9 Å². The SMILES string of the molecule is CSc1c(-c2cccc(C(F)(F)F)c2)c(-c2ccccc2)nn1CC1CCC(COCC(=O)O)CC1. The van der Waals surface area contributed by atoms with Gasteiger partial charge >= 0.3 is 12.1 Å². The molecule has 0 aliphatic heterocycles. The number of nitrogens with zero attached hydrogens (tertiary/aromatic N) is 2. The summed E-state index contributed by atoms with van der Waals surface area (Å²) < 4.78 is 47.7. The van der Waals surface area contributed by atoms with E-state index < -0.39 is 17.7 Å². The van der Waals surface area contributed by atoms with E-state index in [2.05, 4.69) is 0 Å². The topological polar surface area (TPSA) is 64.4 Å². The van der Waals surface area contributed by atoms with Gasteiger partial charge in [-0.05, 0) is 61.5 Å². The summed E-state index contributed by atoms with van der Waals surface area (Å²) in [6.07, 6.45) is 1.34. The second-order valence-corrected chi connectivity index (χ2v) is 9.95. The third-order valence-corrected chi connectivity index (χ3v) is 7.40. The number of benzene rings is 2. The van der Waals surface area contributed by atoms with Gasteiger partial charge < -0.3 is 9.84 Å². The van der Waals surface area contributed by atoms with Crippen molar-refractivity contribution in [3.63, 3.8) is 0 Å². The molecule has 0 atom stereocenters. The second-order valence-electron chi connectivity index (χ2n) is 9.16. The summed E-state index contributed by atoms with van der Waals surface area (Å²) in [5.74, 6) is -0.235. The standard InChI is InChI=1S/C27H29F3N2O3S/c1-36-26-24(21-8-5-9-22(14-21)27(28,29)30)25(20-6-3-2-4-7-20)31-32(26)15-18-10-12-19(13-11-18)16-35-17-23(33)34/h2-9,14,18-19H,10-13,15-17H2,1H3,(H,33,34). The van der Waals surface area contributed by atoms with Crippen LogP contribution in [0.5, 0.6) is 0 Å². The zero-order valence-corrected chi connectivity index (χ0v) is 20.8. The average Bonchev–Trinajstić information content (AvgIpc) is 3.23. The van der Waals surface area contributed by atoms with Crippen molar-refractivity contribution in [2.45, 2.75) is 43.4 Å². The number of hydrogen-bond donors (Lipinski definition) is 1. The van der Waals surface area contributed by atoms with E-state index in [0.29, 0.717) is 36.2 Å². The predicted molar refractivity (Wildman–Crippen MR) is 134 cm³/mol. The maximum Gasteiger partial charge on any atom is 0.416 e. The Kier molecular flexibility index (Phi) is 8.41. The van der Waals surface area contributed by atoms with Gasteiger partial charge in [0.25, 0.3) is 0 Å². The van der Waals surface area contributed by atoms with E-state index in [1.165, 1.54) is 23.9 Å². The molecular weight excluding hydrogens is 489 g/mol. The number of halogens is 3. The summed E-state index contributed by atoms with van der Waals surface area (Å²) in [5, 5.41) is 14.5. The molecule has 0 unspecified atom stereocenters. The summed E-state index contributed by atoms with van der Waals surface area (Å²) >= 11 is 1.49. The molecule has 0 bridgehead atoms. The number of alkyl halides is 3. The van der Waals surface area contributed by atoms with Crippen LogP contribution in [0.15, 0.2) is 59.6 Å². The Morgan fingerprint density at radius 2 is 1.72 bits per heavy atom. The lowest BCUT2D eigenvalue weighted by molar-refractivity contribution is -0.143. The van der Waals surface area contributed by atoms with Crippen LogP contribution >= 0.6 is 11.8 Å². The van der Waals surface area contributed by atoms with Gasteiger partial charge in [0.15, 0.2) is 0 Å². The van der Waals surface area contributed by atoms with Crippen molar-refractivity contribution < 1.29 is 27.8 Å². The van der Waals surface area contributed by atoms with Crippen LogP contribution in [0.25, 0.3) is 22.4 Å². The smallest absolute Gasteiger partial charge is 0.416 e. The van der Waals surface area contributed by atoms with Crippen LogP contribution in [0.2, 0.25) is 0 Å². The summed E-state index contributed by atoms with van der Waals surface area (Å²) in [6, 6.07) is 15.0. The average molecular weight is 519 g/mol. The van der Waals surface area contributed by atoms with Crippen molar-refractivity contribution in [1.82, 2.24) is 9.78 Å². The normalized spacial score (nSPS) is 18.3. The van der Waals surface area contributed by atoms with E-state index in [-0.39, 0.29) is 6.61 Å². The highest BCUT2D eigenvalue weighted by Gasteiger charge is 2.32. The first-order chi connectivity index (χ1) is 17.3. The molecule has 0 amide bonds. The van der Waals surface area contributed by atoms with Gasteiger partial charge in [-0.1, -0.05) is 42.5 Å². The Balaban J connectivity index is 1.61. The fourth-order valence-electron chi connectivity index (χ4n) is 4.83. The minimum Gasteiger partial charge on any atom is -0.480 e. The summed E-state index contributed by atoms with van der Waals surface area (Å²) in [5.41, 5.74) is 2.07. The second kappa shape index (κ2) is 11.5. The monoisotopic (exact) mass is 518 g/mol. The number of aromatic nitrogens is 2. The van der Waals surface area contributed by atoms with Gasteiger partial charge in [0.2, 0.25) is 0 Å². The molecule has 1 fully saturated rings. The maximum absolute atomic E-state index is 13.5. The van der Waals surface area contributed by atoms with E-state index >= 15 is 0 Å². The molecule has 0 saturated heterocycles. The maximum atomic E-state index is 13.5. The van der Waals surface area contributed by atoms with E-state index in [1.54, 1.807) is 6.07 Å².